The minimum absolute atomic E-state index is 0.216. The van der Waals surface area contributed by atoms with Crippen LogP contribution in [0.4, 0.5) is 0 Å². The number of carbonyl (C=O) groups is 1. The summed E-state index contributed by atoms with van der Waals surface area (Å²) >= 11 is 17.3. The molecule has 0 aliphatic carbocycles. The van der Waals surface area contributed by atoms with Crippen LogP contribution in [0.2, 0.25) is 10.0 Å². The lowest BCUT2D eigenvalue weighted by molar-refractivity contribution is 0.0972. The van der Waals surface area contributed by atoms with Gasteiger partial charge in [-0.25, -0.2) is 0 Å². The highest BCUT2D eigenvalue weighted by Crippen LogP contribution is 2.21. The summed E-state index contributed by atoms with van der Waals surface area (Å²) in [7, 11) is 0. The van der Waals surface area contributed by atoms with E-state index in [0.717, 1.165) is 18.4 Å². The molecule has 0 saturated carbocycles. The van der Waals surface area contributed by atoms with Gasteiger partial charge in [0, 0.05) is 16.6 Å². The largest absolute Gasteiger partial charge is 0.493 e. The van der Waals surface area contributed by atoms with Gasteiger partial charge in [0.2, 0.25) is 0 Å². The zero-order chi connectivity index (χ0) is 20.4. The van der Waals surface area contributed by atoms with Crippen molar-refractivity contribution in [2.24, 2.45) is 0 Å². The predicted octanol–water partition coefficient (Wildman–Crippen LogP) is 5.76. The quantitative estimate of drug-likeness (QED) is 0.386. The molecule has 0 bridgehead atoms. The lowest BCUT2D eigenvalue weighted by Crippen LogP contribution is -2.39. The fourth-order valence-corrected chi connectivity index (χ4v) is 3.19. The second-order valence-electron chi connectivity index (χ2n) is 6.28. The molecule has 0 saturated heterocycles. The second-order valence-corrected chi connectivity index (χ2v) is 7.53. The fourth-order valence-electron chi connectivity index (χ4n) is 2.55. The van der Waals surface area contributed by atoms with E-state index in [0.29, 0.717) is 34.5 Å². The SMILES string of the molecule is CCCCCCOc1ccccc1C(=O)NC(=S)NCc1ccc(Cl)cc1Cl. The molecule has 1 amide bonds. The zero-order valence-corrected chi connectivity index (χ0v) is 18.1. The summed E-state index contributed by atoms with van der Waals surface area (Å²) in [5, 5.41) is 6.98. The lowest BCUT2D eigenvalue weighted by atomic mass is 10.2. The zero-order valence-electron chi connectivity index (χ0n) is 15.8. The molecule has 0 spiro atoms. The number of benzene rings is 2. The molecule has 0 aliphatic rings. The highest BCUT2D eigenvalue weighted by Gasteiger charge is 2.13. The molecule has 0 fully saturated rings. The van der Waals surface area contributed by atoms with Gasteiger partial charge in [-0.05, 0) is 48.5 Å². The van der Waals surface area contributed by atoms with Crippen LogP contribution < -0.4 is 15.4 Å². The Morgan fingerprint density at radius 1 is 1.11 bits per heavy atom. The van der Waals surface area contributed by atoms with Gasteiger partial charge in [0.15, 0.2) is 5.11 Å². The van der Waals surface area contributed by atoms with Crippen LogP contribution in [0.3, 0.4) is 0 Å². The monoisotopic (exact) mass is 438 g/mol. The van der Waals surface area contributed by atoms with Crippen LogP contribution >= 0.6 is 35.4 Å². The maximum atomic E-state index is 12.6. The van der Waals surface area contributed by atoms with Crippen LogP contribution in [0.15, 0.2) is 42.5 Å². The molecule has 0 aromatic heterocycles. The number of halogens is 2. The van der Waals surface area contributed by atoms with E-state index in [2.05, 4.69) is 17.6 Å². The van der Waals surface area contributed by atoms with Crippen molar-refractivity contribution in [1.29, 1.82) is 0 Å². The Balaban J connectivity index is 1.88. The van der Waals surface area contributed by atoms with Crippen LogP contribution in [-0.4, -0.2) is 17.6 Å². The summed E-state index contributed by atoms with van der Waals surface area (Å²) in [5.74, 6) is 0.240. The molecular formula is C21H24Cl2N2O2S. The average Bonchev–Trinajstić information content (AvgIpc) is 2.67. The maximum Gasteiger partial charge on any atom is 0.261 e. The highest BCUT2D eigenvalue weighted by molar-refractivity contribution is 7.80. The molecule has 2 aromatic carbocycles. The molecule has 28 heavy (non-hydrogen) atoms. The minimum Gasteiger partial charge on any atom is -0.493 e. The minimum atomic E-state index is -0.316. The molecule has 0 unspecified atom stereocenters. The van der Waals surface area contributed by atoms with Gasteiger partial charge < -0.3 is 10.1 Å². The van der Waals surface area contributed by atoms with Crippen molar-refractivity contribution in [3.05, 3.63) is 63.6 Å². The molecule has 150 valence electrons. The average molecular weight is 439 g/mol. The van der Waals surface area contributed by atoms with E-state index < -0.39 is 0 Å². The second kappa shape index (κ2) is 11.9. The Labute approximate surface area is 181 Å². The van der Waals surface area contributed by atoms with E-state index in [4.69, 9.17) is 40.2 Å². The topological polar surface area (TPSA) is 50.4 Å². The number of unbranched alkanes of at least 4 members (excludes halogenated alkanes) is 3. The third-order valence-electron chi connectivity index (χ3n) is 4.07. The highest BCUT2D eigenvalue weighted by atomic mass is 35.5. The fraction of sp³-hybridized carbons (Fsp3) is 0.333. The Morgan fingerprint density at radius 2 is 1.89 bits per heavy atom. The van der Waals surface area contributed by atoms with Gasteiger partial charge in [-0.3, -0.25) is 10.1 Å². The third-order valence-corrected chi connectivity index (χ3v) is 4.90. The van der Waals surface area contributed by atoms with Crippen LogP contribution in [0.5, 0.6) is 5.75 Å². The van der Waals surface area contributed by atoms with E-state index in [1.165, 1.54) is 12.8 Å². The van der Waals surface area contributed by atoms with Crippen molar-refractivity contribution in [1.82, 2.24) is 10.6 Å². The summed E-state index contributed by atoms with van der Waals surface area (Å²) in [4.78, 5) is 12.6. The summed E-state index contributed by atoms with van der Waals surface area (Å²) < 4.78 is 5.79. The van der Waals surface area contributed by atoms with Gasteiger partial charge in [0.05, 0.1) is 12.2 Å². The number of amides is 1. The first-order chi connectivity index (χ1) is 13.5. The molecule has 0 radical (unpaired) electrons. The van der Waals surface area contributed by atoms with Crippen molar-refractivity contribution in [3.8, 4) is 5.75 Å². The molecule has 0 aliphatic heterocycles. The first-order valence-electron chi connectivity index (χ1n) is 9.26. The number of thiocarbonyl (C=S) groups is 1. The van der Waals surface area contributed by atoms with Crippen molar-refractivity contribution in [3.63, 3.8) is 0 Å². The first kappa shape index (κ1) is 22.5. The first-order valence-corrected chi connectivity index (χ1v) is 10.4. The van der Waals surface area contributed by atoms with E-state index >= 15 is 0 Å². The van der Waals surface area contributed by atoms with Crippen LogP contribution in [0.25, 0.3) is 0 Å². The van der Waals surface area contributed by atoms with Crippen molar-refractivity contribution in [2.45, 2.75) is 39.2 Å². The Bertz CT molecular complexity index is 815. The number of nitrogens with one attached hydrogen (secondary N) is 2. The molecule has 4 nitrogen and oxygen atoms in total. The van der Waals surface area contributed by atoms with Gasteiger partial charge in [0.1, 0.15) is 5.75 Å². The van der Waals surface area contributed by atoms with Crippen LogP contribution in [0, 0.1) is 0 Å². The molecule has 2 N–H and O–H groups in total. The van der Waals surface area contributed by atoms with Crippen molar-refractivity contribution >= 4 is 46.4 Å². The smallest absolute Gasteiger partial charge is 0.261 e. The number of carbonyl (C=O) groups excluding carboxylic acids is 1. The molecule has 2 rings (SSSR count). The van der Waals surface area contributed by atoms with Gasteiger partial charge >= 0.3 is 0 Å². The Kier molecular flexibility index (Phi) is 9.55. The summed E-state index contributed by atoms with van der Waals surface area (Å²) in [6.45, 7) is 3.13. The van der Waals surface area contributed by atoms with Gasteiger partial charge in [0.25, 0.3) is 5.91 Å². The Morgan fingerprint density at radius 3 is 2.64 bits per heavy atom. The van der Waals surface area contributed by atoms with Crippen molar-refractivity contribution < 1.29 is 9.53 Å². The predicted molar refractivity (Wildman–Crippen MR) is 119 cm³/mol. The third kappa shape index (κ3) is 7.30. The molecule has 2 aromatic rings. The number of rotatable bonds is 9. The summed E-state index contributed by atoms with van der Waals surface area (Å²) in [6.07, 6.45) is 4.44. The Hall–Kier alpha value is -1.82. The number of ether oxygens (including phenoxy) is 1. The molecule has 0 atom stereocenters. The normalized spacial score (nSPS) is 10.4. The number of hydrogen-bond donors (Lipinski definition) is 2. The number of para-hydroxylation sites is 1. The van der Waals surface area contributed by atoms with Crippen LogP contribution in [0.1, 0.15) is 48.5 Å². The van der Waals surface area contributed by atoms with Gasteiger partial charge in [-0.1, -0.05) is 67.6 Å². The molecular weight excluding hydrogens is 415 g/mol. The standard InChI is InChI=1S/C21H24Cl2N2O2S/c1-2-3-4-7-12-27-19-9-6-5-8-17(19)20(26)25-21(28)24-14-15-10-11-16(22)13-18(15)23/h5-6,8-11,13H,2-4,7,12,14H2,1H3,(H2,24,25,26,28). The van der Waals surface area contributed by atoms with E-state index in [1.807, 2.05) is 12.1 Å². The van der Waals surface area contributed by atoms with E-state index in [-0.39, 0.29) is 11.0 Å². The van der Waals surface area contributed by atoms with Gasteiger partial charge in [-0.2, -0.15) is 0 Å². The van der Waals surface area contributed by atoms with Gasteiger partial charge in [-0.15, -0.1) is 0 Å². The van der Waals surface area contributed by atoms with E-state index in [9.17, 15) is 4.79 Å². The van der Waals surface area contributed by atoms with Crippen molar-refractivity contribution in [2.75, 3.05) is 6.61 Å². The van der Waals surface area contributed by atoms with Crippen LogP contribution in [-0.2, 0) is 6.54 Å². The number of hydrogen-bond acceptors (Lipinski definition) is 3. The molecule has 0 heterocycles. The molecule has 7 heteroatoms. The summed E-state index contributed by atoms with van der Waals surface area (Å²) in [5.41, 5.74) is 1.28. The lowest BCUT2D eigenvalue weighted by Gasteiger charge is -2.13. The summed E-state index contributed by atoms with van der Waals surface area (Å²) in [6, 6.07) is 12.4. The van der Waals surface area contributed by atoms with E-state index in [1.54, 1.807) is 30.3 Å². The maximum absolute atomic E-state index is 12.6.